The van der Waals surface area contributed by atoms with Crippen LogP contribution in [0, 0.1) is 0 Å². The molecule has 1 aliphatic heterocycles. The van der Waals surface area contributed by atoms with Crippen molar-refractivity contribution in [3.8, 4) is 0 Å². The number of aromatic nitrogens is 1. The number of hydrogen-bond acceptors (Lipinski definition) is 6. The lowest BCUT2D eigenvalue weighted by Crippen LogP contribution is -2.47. The summed E-state index contributed by atoms with van der Waals surface area (Å²) in [4.78, 5) is 16.0. The Morgan fingerprint density at radius 1 is 1.47 bits per heavy atom. The SMILES string of the molecule is COC(=O)c1sc(NN2C(C)CCCC2C)nc1Cl. The van der Waals surface area contributed by atoms with Gasteiger partial charge in [-0.3, -0.25) is 5.43 Å². The van der Waals surface area contributed by atoms with Gasteiger partial charge in [-0.25, -0.2) is 14.8 Å². The highest BCUT2D eigenvalue weighted by molar-refractivity contribution is 7.18. The number of piperidine rings is 1. The lowest BCUT2D eigenvalue weighted by atomic mass is 10.00. The molecule has 1 aromatic heterocycles. The topological polar surface area (TPSA) is 54.5 Å². The fourth-order valence-electron chi connectivity index (χ4n) is 2.32. The number of thiazole rings is 1. The standard InChI is InChI=1S/C12H18ClN3O2S/c1-7-5-4-6-8(2)16(7)15-12-14-10(13)9(19-12)11(17)18-3/h7-8H,4-6H2,1-3H3,(H,14,15). The molecule has 1 N–H and O–H groups in total. The van der Waals surface area contributed by atoms with Gasteiger partial charge in [0.15, 0.2) is 15.2 Å². The van der Waals surface area contributed by atoms with Crippen molar-refractivity contribution >= 4 is 34.0 Å². The van der Waals surface area contributed by atoms with Crippen molar-refractivity contribution in [2.75, 3.05) is 12.5 Å². The molecule has 19 heavy (non-hydrogen) atoms. The average Bonchev–Trinajstić information content (AvgIpc) is 2.74. The number of nitrogens with zero attached hydrogens (tertiary/aromatic N) is 2. The number of methoxy groups -OCH3 is 1. The number of ether oxygens (including phenoxy) is 1. The van der Waals surface area contributed by atoms with E-state index in [9.17, 15) is 4.79 Å². The van der Waals surface area contributed by atoms with Crippen LogP contribution >= 0.6 is 22.9 Å². The van der Waals surface area contributed by atoms with Crippen molar-refractivity contribution < 1.29 is 9.53 Å². The molecule has 2 unspecified atom stereocenters. The average molecular weight is 304 g/mol. The minimum absolute atomic E-state index is 0.191. The number of esters is 1. The van der Waals surface area contributed by atoms with E-state index in [1.165, 1.54) is 24.9 Å². The molecule has 5 nitrogen and oxygen atoms in total. The van der Waals surface area contributed by atoms with Crippen LogP contribution in [0.4, 0.5) is 5.13 Å². The second-order valence-electron chi connectivity index (χ2n) is 4.78. The van der Waals surface area contributed by atoms with Crippen molar-refractivity contribution in [2.45, 2.75) is 45.2 Å². The molecular weight excluding hydrogens is 286 g/mol. The molecule has 1 fully saturated rings. The Balaban J connectivity index is 2.12. The minimum atomic E-state index is -0.449. The molecule has 2 atom stereocenters. The smallest absolute Gasteiger partial charge is 0.351 e. The Hall–Kier alpha value is -0.850. The molecule has 0 radical (unpaired) electrons. The number of rotatable bonds is 3. The summed E-state index contributed by atoms with van der Waals surface area (Å²) in [6, 6.07) is 0.876. The van der Waals surface area contributed by atoms with Gasteiger partial charge in [-0.15, -0.1) is 0 Å². The largest absolute Gasteiger partial charge is 0.465 e. The normalized spacial score (nSPS) is 24.2. The first-order chi connectivity index (χ1) is 9.02. The third kappa shape index (κ3) is 3.19. The molecule has 106 valence electrons. The second-order valence-corrected chi connectivity index (χ2v) is 6.14. The fraction of sp³-hybridized carbons (Fsp3) is 0.667. The van der Waals surface area contributed by atoms with Crippen LogP contribution in [-0.4, -0.2) is 35.2 Å². The van der Waals surface area contributed by atoms with Gasteiger partial charge < -0.3 is 4.74 Å². The van der Waals surface area contributed by atoms with Crippen LogP contribution in [-0.2, 0) is 4.74 Å². The van der Waals surface area contributed by atoms with E-state index in [2.05, 4.69) is 34.0 Å². The highest BCUT2D eigenvalue weighted by Crippen LogP contribution is 2.30. The van der Waals surface area contributed by atoms with Gasteiger partial charge in [-0.05, 0) is 26.7 Å². The Kier molecular flexibility index (Phi) is 4.65. The van der Waals surface area contributed by atoms with Gasteiger partial charge >= 0.3 is 5.97 Å². The summed E-state index contributed by atoms with van der Waals surface area (Å²) in [7, 11) is 1.33. The van der Waals surface area contributed by atoms with E-state index in [1.807, 2.05) is 0 Å². The Morgan fingerprint density at radius 2 is 2.11 bits per heavy atom. The molecule has 2 heterocycles. The van der Waals surface area contributed by atoms with Crippen LogP contribution in [0.1, 0.15) is 42.8 Å². The highest BCUT2D eigenvalue weighted by atomic mass is 35.5. The second kappa shape index (κ2) is 6.07. The Morgan fingerprint density at radius 3 is 2.68 bits per heavy atom. The first kappa shape index (κ1) is 14.6. The number of halogens is 1. The van der Waals surface area contributed by atoms with Crippen LogP contribution < -0.4 is 5.43 Å². The van der Waals surface area contributed by atoms with Crippen LogP contribution in [0.3, 0.4) is 0 Å². The maximum absolute atomic E-state index is 11.5. The van der Waals surface area contributed by atoms with Crippen molar-refractivity contribution in [1.82, 2.24) is 9.99 Å². The van der Waals surface area contributed by atoms with E-state index in [0.29, 0.717) is 22.1 Å². The van der Waals surface area contributed by atoms with Gasteiger partial charge in [-0.2, -0.15) is 0 Å². The Labute approximate surface area is 121 Å². The van der Waals surface area contributed by atoms with Crippen LogP contribution in [0.5, 0.6) is 0 Å². The third-order valence-corrected chi connectivity index (χ3v) is 4.70. The summed E-state index contributed by atoms with van der Waals surface area (Å²) in [6.07, 6.45) is 3.55. The van der Waals surface area contributed by atoms with Gasteiger partial charge in [0.05, 0.1) is 7.11 Å². The first-order valence-electron chi connectivity index (χ1n) is 6.32. The van der Waals surface area contributed by atoms with Crippen LogP contribution in [0.25, 0.3) is 0 Å². The van der Waals surface area contributed by atoms with E-state index in [1.54, 1.807) is 0 Å². The summed E-state index contributed by atoms with van der Waals surface area (Å²) in [5, 5.41) is 3.00. The predicted molar refractivity (Wildman–Crippen MR) is 76.7 cm³/mol. The molecule has 0 aromatic carbocycles. The summed E-state index contributed by atoms with van der Waals surface area (Å²) in [5.74, 6) is -0.449. The summed E-state index contributed by atoms with van der Waals surface area (Å²) in [6.45, 7) is 4.36. The third-order valence-electron chi connectivity index (χ3n) is 3.37. The predicted octanol–water partition coefficient (Wildman–Crippen LogP) is 3.17. The van der Waals surface area contributed by atoms with E-state index in [-0.39, 0.29) is 5.15 Å². The minimum Gasteiger partial charge on any atom is -0.465 e. The van der Waals surface area contributed by atoms with E-state index in [0.717, 1.165) is 12.8 Å². The molecule has 0 aliphatic carbocycles. The summed E-state index contributed by atoms with van der Waals surface area (Å²) < 4.78 is 4.67. The molecule has 7 heteroatoms. The van der Waals surface area contributed by atoms with Gasteiger partial charge in [0, 0.05) is 12.1 Å². The molecule has 2 rings (SSSR count). The first-order valence-corrected chi connectivity index (χ1v) is 7.52. The number of hydrazine groups is 1. The van der Waals surface area contributed by atoms with Gasteiger partial charge in [0.25, 0.3) is 0 Å². The van der Waals surface area contributed by atoms with E-state index >= 15 is 0 Å². The Bertz CT molecular complexity index is 456. The molecule has 0 bridgehead atoms. The van der Waals surface area contributed by atoms with Crippen molar-refractivity contribution in [3.63, 3.8) is 0 Å². The van der Waals surface area contributed by atoms with Gasteiger partial charge in [0.1, 0.15) is 0 Å². The monoisotopic (exact) mass is 303 g/mol. The molecule has 1 saturated heterocycles. The quantitative estimate of drug-likeness (QED) is 0.869. The molecule has 1 aliphatic rings. The number of carbonyl (C=O) groups is 1. The number of nitrogens with one attached hydrogen (secondary N) is 1. The van der Waals surface area contributed by atoms with Crippen molar-refractivity contribution in [1.29, 1.82) is 0 Å². The number of anilines is 1. The highest BCUT2D eigenvalue weighted by Gasteiger charge is 2.26. The zero-order chi connectivity index (χ0) is 14.0. The number of carbonyl (C=O) groups excluding carboxylic acids is 1. The van der Waals surface area contributed by atoms with Gasteiger partial charge in [-0.1, -0.05) is 29.4 Å². The van der Waals surface area contributed by atoms with Crippen molar-refractivity contribution in [2.24, 2.45) is 0 Å². The maximum atomic E-state index is 11.5. The molecule has 1 aromatic rings. The summed E-state index contributed by atoms with van der Waals surface area (Å²) >= 11 is 7.17. The van der Waals surface area contributed by atoms with Crippen molar-refractivity contribution in [3.05, 3.63) is 10.0 Å². The lowest BCUT2D eigenvalue weighted by molar-refractivity contribution is 0.0606. The van der Waals surface area contributed by atoms with Crippen LogP contribution in [0.15, 0.2) is 0 Å². The number of hydrogen-bond donors (Lipinski definition) is 1. The summed E-state index contributed by atoms with van der Waals surface area (Å²) in [5.41, 5.74) is 3.27. The van der Waals surface area contributed by atoms with Crippen LogP contribution in [0.2, 0.25) is 5.15 Å². The fourth-order valence-corrected chi connectivity index (χ4v) is 3.43. The zero-order valence-corrected chi connectivity index (χ0v) is 12.8. The molecule has 0 saturated carbocycles. The zero-order valence-electron chi connectivity index (χ0n) is 11.3. The molecular formula is C12H18ClN3O2S. The van der Waals surface area contributed by atoms with Gasteiger partial charge in [0.2, 0.25) is 0 Å². The lowest BCUT2D eigenvalue weighted by Gasteiger charge is -2.38. The van der Waals surface area contributed by atoms with E-state index in [4.69, 9.17) is 11.6 Å². The molecule has 0 amide bonds. The van der Waals surface area contributed by atoms with E-state index < -0.39 is 5.97 Å². The maximum Gasteiger partial charge on any atom is 0.351 e. The molecule has 0 spiro atoms.